The minimum absolute atomic E-state index is 0.0836. The van der Waals surface area contributed by atoms with Gasteiger partial charge in [0, 0.05) is 5.41 Å². The van der Waals surface area contributed by atoms with Gasteiger partial charge in [0.05, 0.1) is 6.61 Å². The molecule has 1 aromatic rings. The van der Waals surface area contributed by atoms with Gasteiger partial charge in [-0.1, -0.05) is 19.9 Å². The Kier molecular flexibility index (Phi) is 2.16. The van der Waals surface area contributed by atoms with Gasteiger partial charge in [-0.15, -0.1) is 0 Å². The first-order valence-electron chi connectivity index (χ1n) is 5.30. The molecule has 1 aromatic carbocycles. The molecule has 0 radical (unpaired) electrons. The predicted molar refractivity (Wildman–Crippen MR) is 58.3 cm³/mol. The third kappa shape index (κ3) is 1.39. The van der Waals surface area contributed by atoms with Crippen LogP contribution in [0.3, 0.4) is 0 Å². The summed E-state index contributed by atoms with van der Waals surface area (Å²) in [5.41, 5.74) is 1.89. The lowest BCUT2D eigenvalue weighted by Gasteiger charge is -2.20. The van der Waals surface area contributed by atoms with Gasteiger partial charge >= 0.3 is 0 Å². The van der Waals surface area contributed by atoms with E-state index in [4.69, 9.17) is 0 Å². The van der Waals surface area contributed by atoms with Crippen molar-refractivity contribution in [3.05, 3.63) is 35.1 Å². The van der Waals surface area contributed by atoms with Crippen molar-refractivity contribution in [2.75, 3.05) is 6.61 Å². The minimum Gasteiger partial charge on any atom is -0.395 e. The zero-order valence-corrected chi connectivity index (χ0v) is 9.47. The van der Waals surface area contributed by atoms with E-state index in [-0.39, 0.29) is 23.3 Å². The average Bonchev–Trinajstić information content (AvgIpc) is 2.74. The number of rotatable bonds is 2. The van der Waals surface area contributed by atoms with Crippen molar-refractivity contribution >= 4 is 0 Å². The van der Waals surface area contributed by atoms with E-state index < -0.39 is 0 Å². The van der Waals surface area contributed by atoms with Crippen LogP contribution >= 0.6 is 0 Å². The third-order valence-electron chi connectivity index (χ3n) is 3.90. The van der Waals surface area contributed by atoms with Crippen LogP contribution in [0.15, 0.2) is 18.2 Å². The Hall–Kier alpha value is -0.890. The first-order valence-corrected chi connectivity index (χ1v) is 5.30. The topological polar surface area (TPSA) is 20.2 Å². The lowest BCUT2D eigenvalue weighted by Crippen LogP contribution is -2.20. The summed E-state index contributed by atoms with van der Waals surface area (Å²) in [7, 11) is 0. The second-order valence-electron chi connectivity index (χ2n) is 5.26. The summed E-state index contributed by atoms with van der Waals surface area (Å²) in [5.74, 6) is -0.217. The van der Waals surface area contributed by atoms with Crippen molar-refractivity contribution in [1.82, 2.24) is 0 Å². The van der Waals surface area contributed by atoms with Crippen molar-refractivity contribution in [3.63, 3.8) is 0 Å². The van der Waals surface area contributed by atoms with E-state index in [1.165, 1.54) is 6.07 Å². The minimum atomic E-state index is -0.223. The molecule has 1 atom stereocenters. The maximum Gasteiger partial charge on any atom is 0.123 e. The zero-order valence-electron chi connectivity index (χ0n) is 9.47. The smallest absolute Gasteiger partial charge is 0.123 e. The second kappa shape index (κ2) is 3.05. The summed E-state index contributed by atoms with van der Waals surface area (Å²) in [4.78, 5) is 0. The van der Waals surface area contributed by atoms with Gasteiger partial charge in [0.2, 0.25) is 0 Å². The molecule has 1 nitrogen and oxygen atoms in total. The third-order valence-corrected chi connectivity index (χ3v) is 3.90. The number of aliphatic hydroxyl groups excluding tert-OH is 1. The van der Waals surface area contributed by atoms with E-state index in [1.807, 2.05) is 6.92 Å². The molecule has 1 N–H and O–H groups in total. The number of benzene rings is 1. The van der Waals surface area contributed by atoms with Crippen molar-refractivity contribution < 1.29 is 9.50 Å². The quantitative estimate of drug-likeness (QED) is 0.792. The van der Waals surface area contributed by atoms with Gasteiger partial charge in [-0.05, 0) is 42.0 Å². The zero-order chi connectivity index (χ0) is 11.3. The molecule has 0 bridgehead atoms. The van der Waals surface area contributed by atoms with Crippen LogP contribution in [0.1, 0.15) is 31.4 Å². The average molecular weight is 208 g/mol. The van der Waals surface area contributed by atoms with Gasteiger partial charge in [-0.3, -0.25) is 0 Å². The molecular formula is C13H17FO. The summed E-state index contributed by atoms with van der Waals surface area (Å²) < 4.78 is 13.2. The molecule has 1 saturated carbocycles. The summed E-state index contributed by atoms with van der Waals surface area (Å²) in [6, 6.07) is 4.83. The summed E-state index contributed by atoms with van der Waals surface area (Å²) in [6.07, 6.45) is 0.931. The van der Waals surface area contributed by atoms with Crippen LogP contribution in [0.2, 0.25) is 0 Å². The van der Waals surface area contributed by atoms with Gasteiger partial charge < -0.3 is 5.11 Å². The highest BCUT2D eigenvalue weighted by Gasteiger charge is 2.62. The van der Waals surface area contributed by atoms with Gasteiger partial charge in [0.25, 0.3) is 0 Å². The van der Waals surface area contributed by atoms with E-state index in [0.717, 1.165) is 17.5 Å². The van der Waals surface area contributed by atoms with Gasteiger partial charge in [-0.2, -0.15) is 0 Å². The Morgan fingerprint density at radius 3 is 2.47 bits per heavy atom. The number of halogens is 1. The fourth-order valence-electron chi connectivity index (χ4n) is 2.63. The van der Waals surface area contributed by atoms with Crippen LogP contribution in [0, 0.1) is 18.2 Å². The monoisotopic (exact) mass is 208 g/mol. The summed E-state index contributed by atoms with van der Waals surface area (Å²) in [5, 5.41) is 9.54. The fourth-order valence-corrected chi connectivity index (χ4v) is 2.63. The molecule has 82 valence electrons. The molecule has 1 unspecified atom stereocenters. The lowest BCUT2D eigenvalue weighted by atomic mass is 9.86. The Morgan fingerprint density at radius 1 is 1.40 bits per heavy atom. The SMILES string of the molecule is Cc1ccc(F)cc1C1(CO)CC1(C)C. The molecule has 0 aliphatic heterocycles. The van der Waals surface area contributed by atoms with Crippen LogP contribution < -0.4 is 0 Å². The van der Waals surface area contributed by atoms with Crippen LogP contribution in [-0.2, 0) is 5.41 Å². The molecule has 0 spiro atoms. The maximum atomic E-state index is 13.2. The van der Waals surface area contributed by atoms with E-state index >= 15 is 0 Å². The van der Waals surface area contributed by atoms with Crippen LogP contribution in [0.25, 0.3) is 0 Å². The molecular weight excluding hydrogens is 191 g/mol. The van der Waals surface area contributed by atoms with E-state index in [2.05, 4.69) is 13.8 Å². The van der Waals surface area contributed by atoms with Crippen LogP contribution in [0.4, 0.5) is 4.39 Å². The molecule has 2 heteroatoms. The van der Waals surface area contributed by atoms with E-state index in [0.29, 0.717) is 0 Å². The van der Waals surface area contributed by atoms with E-state index in [9.17, 15) is 9.50 Å². The molecule has 0 aromatic heterocycles. The van der Waals surface area contributed by atoms with Crippen LogP contribution in [0.5, 0.6) is 0 Å². The molecule has 1 aliphatic rings. The number of hydrogen-bond donors (Lipinski definition) is 1. The summed E-state index contributed by atoms with van der Waals surface area (Å²) in [6.45, 7) is 6.31. The predicted octanol–water partition coefficient (Wildman–Crippen LogP) is 2.79. The van der Waals surface area contributed by atoms with Crippen molar-refractivity contribution in [1.29, 1.82) is 0 Å². The number of aryl methyl sites for hydroxylation is 1. The number of aliphatic hydroxyl groups is 1. The van der Waals surface area contributed by atoms with Gasteiger partial charge in [0.15, 0.2) is 0 Å². The van der Waals surface area contributed by atoms with Crippen molar-refractivity contribution in [2.45, 2.75) is 32.6 Å². The lowest BCUT2D eigenvalue weighted by molar-refractivity contribution is 0.230. The molecule has 0 amide bonds. The van der Waals surface area contributed by atoms with E-state index in [1.54, 1.807) is 12.1 Å². The molecule has 1 aliphatic carbocycles. The Labute approximate surface area is 89.9 Å². The largest absolute Gasteiger partial charge is 0.395 e. The highest BCUT2D eigenvalue weighted by atomic mass is 19.1. The fraction of sp³-hybridized carbons (Fsp3) is 0.538. The molecule has 2 rings (SSSR count). The summed E-state index contributed by atoms with van der Waals surface area (Å²) >= 11 is 0. The maximum absolute atomic E-state index is 13.2. The first-order chi connectivity index (χ1) is 6.93. The Morgan fingerprint density at radius 2 is 2.00 bits per heavy atom. The molecule has 0 saturated heterocycles. The molecule has 0 heterocycles. The molecule has 1 fully saturated rings. The molecule has 15 heavy (non-hydrogen) atoms. The van der Waals surface area contributed by atoms with Crippen molar-refractivity contribution in [2.24, 2.45) is 5.41 Å². The number of hydrogen-bond acceptors (Lipinski definition) is 1. The van der Waals surface area contributed by atoms with Crippen LogP contribution in [-0.4, -0.2) is 11.7 Å². The normalized spacial score (nSPS) is 27.8. The first kappa shape index (κ1) is 10.6. The van der Waals surface area contributed by atoms with Gasteiger partial charge in [-0.25, -0.2) is 4.39 Å². The Balaban J connectivity index is 2.50. The highest BCUT2D eigenvalue weighted by molar-refractivity contribution is 5.42. The van der Waals surface area contributed by atoms with Crippen molar-refractivity contribution in [3.8, 4) is 0 Å². The second-order valence-corrected chi connectivity index (χ2v) is 5.26. The highest BCUT2D eigenvalue weighted by Crippen LogP contribution is 2.64. The standard InChI is InChI=1S/C13H17FO/c1-9-4-5-10(14)6-11(9)13(8-15)7-12(13,2)3/h4-6,15H,7-8H2,1-3H3. The Bertz CT molecular complexity index is 398. The van der Waals surface area contributed by atoms with Gasteiger partial charge in [0.1, 0.15) is 5.82 Å².